The van der Waals surface area contributed by atoms with E-state index in [4.69, 9.17) is 10.9 Å². The van der Waals surface area contributed by atoms with E-state index < -0.39 is 23.4 Å². The lowest BCUT2D eigenvalue weighted by molar-refractivity contribution is -0.134. The molecule has 0 saturated carbocycles. The van der Waals surface area contributed by atoms with E-state index >= 15 is 0 Å². The van der Waals surface area contributed by atoms with Gasteiger partial charge in [-0.05, 0) is 50.0 Å². The summed E-state index contributed by atoms with van der Waals surface area (Å²) >= 11 is 0. The number of hydrogen-bond donors (Lipinski definition) is 4. The van der Waals surface area contributed by atoms with E-state index in [1.165, 1.54) is 12.4 Å². The summed E-state index contributed by atoms with van der Waals surface area (Å²) in [5.41, 5.74) is 7.33. The van der Waals surface area contributed by atoms with Gasteiger partial charge in [0.05, 0.1) is 5.92 Å². The molecule has 0 aromatic heterocycles. The Kier molecular flexibility index (Phi) is 7.00. The molecule has 8 nitrogen and oxygen atoms in total. The number of hydrogen-bond acceptors (Lipinski definition) is 5. The molecule has 2 rings (SSSR count). The van der Waals surface area contributed by atoms with E-state index in [1.54, 1.807) is 43.0 Å². The lowest BCUT2D eigenvalue weighted by Crippen LogP contribution is -2.61. The van der Waals surface area contributed by atoms with Crippen LogP contribution in [0.1, 0.15) is 36.7 Å². The minimum atomic E-state index is -1.11. The summed E-state index contributed by atoms with van der Waals surface area (Å²) in [6, 6.07) is 5.36. The molecule has 5 N–H and O–H groups in total. The molecule has 29 heavy (non-hydrogen) atoms. The van der Waals surface area contributed by atoms with Crippen LogP contribution in [0.15, 0.2) is 24.3 Å². The zero-order chi connectivity index (χ0) is 21.6. The van der Waals surface area contributed by atoms with Gasteiger partial charge in [0.2, 0.25) is 5.91 Å². The van der Waals surface area contributed by atoms with Gasteiger partial charge in [0.15, 0.2) is 0 Å². The second-order valence-corrected chi connectivity index (χ2v) is 7.42. The molecule has 0 radical (unpaired) electrons. The number of carbonyl (C=O) groups excluding carboxylic acids is 3. The number of carbonyl (C=O) groups is 3. The Labute approximate surface area is 169 Å². The van der Waals surface area contributed by atoms with Crippen molar-refractivity contribution in [2.45, 2.75) is 32.4 Å². The summed E-state index contributed by atoms with van der Waals surface area (Å²) in [6.07, 6.45) is 0. The van der Waals surface area contributed by atoms with Crippen LogP contribution >= 0.6 is 0 Å². The zero-order valence-corrected chi connectivity index (χ0v) is 16.6. The Hall–Kier alpha value is -3.33. The highest BCUT2D eigenvalue weighted by Gasteiger charge is 2.33. The molecule has 0 aliphatic carbocycles. The molecule has 8 heteroatoms. The molecule has 1 aromatic carbocycles. The molecular weight excluding hydrogens is 372 g/mol. The van der Waals surface area contributed by atoms with Crippen molar-refractivity contribution in [3.8, 4) is 23.7 Å². The third kappa shape index (κ3) is 6.08. The Morgan fingerprint density at radius 3 is 2.34 bits per heavy atom. The summed E-state index contributed by atoms with van der Waals surface area (Å²) < 4.78 is 0. The standard InChI is InChI=1S/C21H24N4O4/c1-14(26)25-12-16(13-25)7-5-4-6-15-8-10-17(11-9-15)19(27)23-18(20(28)24-29)21(2,3)22/h8-11,16,18,29H,12-13,22H2,1-3H3,(H,23,27)(H,24,28)/t18-/m1/s1. The van der Waals surface area contributed by atoms with Gasteiger partial charge in [-0.2, -0.15) is 0 Å². The first-order valence-electron chi connectivity index (χ1n) is 9.02. The Morgan fingerprint density at radius 2 is 1.83 bits per heavy atom. The van der Waals surface area contributed by atoms with E-state index in [0.717, 1.165) is 0 Å². The minimum Gasteiger partial charge on any atom is -0.340 e. The largest absolute Gasteiger partial charge is 0.340 e. The van der Waals surface area contributed by atoms with Crippen molar-refractivity contribution in [1.82, 2.24) is 15.7 Å². The monoisotopic (exact) mass is 396 g/mol. The fraction of sp³-hybridized carbons (Fsp3) is 0.381. The fourth-order valence-corrected chi connectivity index (χ4v) is 2.64. The summed E-state index contributed by atoms with van der Waals surface area (Å²) in [5.74, 6) is 10.3. The summed E-state index contributed by atoms with van der Waals surface area (Å²) in [6.45, 7) is 5.94. The SMILES string of the molecule is CC(=O)N1CC(C#CC#Cc2ccc(C(=O)N[C@H](C(=O)NO)C(C)(C)N)cc2)C1. The van der Waals surface area contributed by atoms with Crippen molar-refractivity contribution in [2.24, 2.45) is 11.7 Å². The van der Waals surface area contributed by atoms with Gasteiger partial charge in [-0.15, -0.1) is 0 Å². The van der Waals surface area contributed by atoms with Crippen molar-refractivity contribution < 1.29 is 19.6 Å². The van der Waals surface area contributed by atoms with Crippen LogP contribution in [0.4, 0.5) is 0 Å². The van der Waals surface area contributed by atoms with Crippen molar-refractivity contribution >= 4 is 17.7 Å². The first-order chi connectivity index (χ1) is 13.6. The number of nitrogens with one attached hydrogen (secondary N) is 2. The van der Waals surface area contributed by atoms with Crippen LogP contribution in [0.25, 0.3) is 0 Å². The number of nitrogens with two attached hydrogens (primary N) is 1. The predicted molar refractivity (Wildman–Crippen MR) is 106 cm³/mol. The topological polar surface area (TPSA) is 125 Å². The van der Waals surface area contributed by atoms with Crippen molar-refractivity contribution in [1.29, 1.82) is 0 Å². The molecule has 1 aliphatic heterocycles. The van der Waals surface area contributed by atoms with E-state index in [-0.39, 0.29) is 11.8 Å². The second kappa shape index (κ2) is 9.24. The number of amides is 3. The number of hydroxylamine groups is 1. The van der Waals surface area contributed by atoms with Crippen LogP contribution < -0.4 is 16.5 Å². The molecule has 1 atom stereocenters. The maximum Gasteiger partial charge on any atom is 0.267 e. The van der Waals surface area contributed by atoms with Gasteiger partial charge in [-0.25, -0.2) is 5.48 Å². The Morgan fingerprint density at radius 1 is 1.21 bits per heavy atom. The molecule has 3 amide bonds. The van der Waals surface area contributed by atoms with Crippen LogP contribution in [-0.4, -0.2) is 52.5 Å². The van der Waals surface area contributed by atoms with Crippen LogP contribution in [0, 0.1) is 29.6 Å². The molecule has 152 valence electrons. The first-order valence-corrected chi connectivity index (χ1v) is 9.02. The normalized spacial score (nSPS) is 14.3. The molecule has 0 bridgehead atoms. The quantitative estimate of drug-likeness (QED) is 0.320. The van der Waals surface area contributed by atoms with Crippen LogP contribution in [0.5, 0.6) is 0 Å². The van der Waals surface area contributed by atoms with Gasteiger partial charge in [0.1, 0.15) is 6.04 Å². The predicted octanol–water partition coefficient (Wildman–Crippen LogP) is -0.139. The highest BCUT2D eigenvalue weighted by molar-refractivity contribution is 5.97. The Balaban J connectivity index is 1.96. The molecule has 0 spiro atoms. The maximum absolute atomic E-state index is 12.4. The highest BCUT2D eigenvalue weighted by atomic mass is 16.5. The van der Waals surface area contributed by atoms with Gasteiger partial charge in [0, 0.05) is 36.7 Å². The number of rotatable bonds is 4. The third-order valence-corrected chi connectivity index (χ3v) is 4.41. The van der Waals surface area contributed by atoms with Crippen molar-refractivity contribution in [3.63, 3.8) is 0 Å². The molecule has 1 aliphatic rings. The minimum absolute atomic E-state index is 0.0524. The molecule has 1 fully saturated rings. The van der Waals surface area contributed by atoms with Gasteiger partial charge in [-0.3, -0.25) is 19.6 Å². The van der Waals surface area contributed by atoms with Gasteiger partial charge < -0.3 is 16.0 Å². The average Bonchev–Trinajstić information content (AvgIpc) is 2.62. The molecule has 1 saturated heterocycles. The van der Waals surface area contributed by atoms with E-state index in [9.17, 15) is 14.4 Å². The van der Waals surface area contributed by atoms with Gasteiger partial charge in [-0.1, -0.05) is 11.8 Å². The molecule has 1 aromatic rings. The fourth-order valence-electron chi connectivity index (χ4n) is 2.64. The first kappa shape index (κ1) is 22.0. The van der Waals surface area contributed by atoms with Gasteiger partial charge >= 0.3 is 0 Å². The zero-order valence-electron chi connectivity index (χ0n) is 16.6. The second-order valence-electron chi connectivity index (χ2n) is 7.42. The Bertz CT molecular complexity index is 904. The molecule has 1 heterocycles. The van der Waals surface area contributed by atoms with E-state index in [0.29, 0.717) is 24.2 Å². The summed E-state index contributed by atoms with van der Waals surface area (Å²) in [7, 11) is 0. The number of benzene rings is 1. The highest BCUT2D eigenvalue weighted by Crippen LogP contribution is 2.13. The lowest BCUT2D eigenvalue weighted by atomic mass is 9.95. The third-order valence-electron chi connectivity index (χ3n) is 4.41. The summed E-state index contributed by atoms with van der Waals surface area (Å²) in [4.78, 5) is 36.9. The average molecular weight is 396 g/mol. The van der Waals surface area contributed by atoms with Gasteiger partial charge in [0.25, 0.3) is 11.8 Å². The van der Waals surface area contributed by atoms with Crippen LogP contribution in [-0.2, 0) is 9.59 Å². The lowest BCUT2D eigenvalue weighted by Gasteiger charge is -2.35. The summed E-state index contributed by atoms with van der Waals surface area (Å²) in [5, 5.41) is 11.3. The smallest absolute Gasteiger partial charge is 0.267 e. The molecular formula is C21H24N4O4. The van der Waals surface area contributed by atoms with Crippen molar-refractivity contribution in [3.05, 3.63) is 35.4 Å². The van der Waals surface area contributed by atoms with Crippen LogP contribution in [0.2, 0.25) is 0 Å². The van der Waals surface area contributed by atoms with E-state index in [2.05, 4.69) is 29.0 Å². The maximum atomic E-state index is 12.4. The number of nitrogens with zero attached hydrogens (tertiary/aromatic N) is 1. The molecule has 0 unspecified atom stereocenters. The van der Waals surface area contributed by atoms with Crippen LogP contribution in [0.3, 0.4) is 0 Å². The van der Waals surface area contributed by atoms with E-state index in [1.807, 2.05) is 0 Å². The van der Waals surface area contributed by atoms with Crippen molar-refractivity contribution in [2.75, 3.05) is 13.1 Å². The number of likely N-dealkylation sites (tertiary alicyclic amines) is 1.